The van der Waals surface area contributed by atoms with Crippen molar-refractivity contribution in [2.45, 2.75) is 19.4 Å². The van der Waals surface area contributed by atoms with Crippen molar-refractivity contribution in [1.82, 2.24) is 10.2 Å². The zero-order valence-electron chi connectivity index (χ0n) is 6.97. The largest absolute Gasteiger partial charge is 0.341 e. The first-order valence-corrected chi connectivity index (χ1v) is 3.53. The highest BCUT2D eigenvalue weighted by molar-refractivity contribution is 5.95. The lowest BCUT2D eigenvalue weighted by Gasteiger charge is -2.07. The van der Waals surface area contributed by atoms with E-state index in [1.54, 1.807) is 14.0 Å². The summed E-state index contributed by atoms with van der Waals surface area (Å²) >= 11 is 0. The van der Waals surface area contributed by atoms with Crippen LogP contribution in [0.2, 0.25) is 0 Å². The lowest BCUT2D eigenvalue weighted by molar-refractivity contribution is -0.119. The fourth-order valence-electron chi connectivity index (χ4n) is 1.00. The van der Waals surface area contributed by atoms with E-state index in [-0.39, 0.29) is 11.8 Å². The molecular weight excluding hydrogens is 144 g/mol. The average Bonchev–Trinajstić information content (AvgIpc) is 2.63. The summed E-state index contributed by atoms with van der Waals surface area (Å²) < 4.78 is 0. The molecular formula is C7H12N2O2. The van der Waals surface area contributed by atoms with Crippen molar-refractivity contribution in [3.05, 3.63) is 0 Å². The SMILES string of the molecule is CNC(=O)N1CC1(C)C(C)=O. The molecule has 1 N–H and O–H groups in total. The number of hydrogen-bond acceptors (Lipinski definition) is 2. The second-order valence-electron chi connectivity index (χ2n) is 2.97. The number of carbonyl (C=O) groups is 2. The van der Waals surface area contributed by atoms with Gasteiger partial charge < -0.3 is 10.2 Å². The average molecular weight is 156 g/mol. The van der Waals surface area contributed by atoms with Gasteiger partial charge in [0.2, 0.25) is 0 Å². The molecule has 1 aliphatic heterocycles. The zero-order valence-corrected chi connectivity index (χ0v) is 6.97. The number of urea groups is 1. The first kappa shape index (κ1) is 8.04. The van der Waals surface area contributed by atoms with Crippen LogP contribution in [0.1, 0.15) is 13.8 Å². The van der Waals surface area contributed by atoms with Crippen LogP contribution in [0.25, 0.3) is 0 Å². The minimum Gasteiger partial charge on any atom is -0.341 e. The van der Waals surface area contributed by atoms with Crippen LogP contribution in [0.3, 0.4) is 0 Å². The Morgan fingerprint density at radius 1 is 1.55 bits per heavy atom. The highest BCUT2D eigenvalue weighted by atomic mass is 16.2. The number of ketones is 1. The van der Waals surface area contributed by atoms with E-state index in [2.05, 4.69) is 5.32 Å². The van der Waals surface area contributed by atoms with Gasteiger partial charge in [0.05, 0.1) is 6.54 Å². The molecule has 0 aliphatic carbocycles. The molecule has 0 aromatic rings. The first-order valence-electron chi connectivity index (χ1n) is 3.53. The van der Waals surface area contributed by atoms with E-state index in [0.717, 1.165) is 0 Å². The van der Waals surface area contributed by atoms with Crippen molar-refractivity contribution in [3.8, 4) is 0 Å². The van der Waals surface area contributed by atoms with Crippen LogP contribution < -0.4 is 5.32 Å². The molecule has 1 unspecified atom stereocenters. The monoisotopic (exact) mass is 156 g/mol. The second kappa shape index (κ2) is 2.22. The van der Waals surface area contributed by atoms with E-state index in [4.69, 9.17) is 0 Å². The van der Waals surface area contributed by atoms with E-state index < -0.39 is 5.54 Å². The number of nitrogens with one attached hydrogen (secondary N) is 1. The van der Waals surface area contributed by atoms with Gasteiger partial charge in [-0.1, -0.05) is 0 Å². The van der Waals surface area contributed by atoms with Crippen molar-refractivity contribution >= 4 is 11.8 Å². The predicted octanol–water partition coefficient (Wildman–Crippen LogP) is -0.0109. The molecule has 62 valence electrons. The van der Waals surface area contributed by atoms with Gasteiger partial charge in [-0.25, -0.2) is 4.79 Å². The predicted molar refractivity (Wildman–Crippen MR) is 40.2 cm³/mol. The van der Waals surface area contributed by atoms with E-state index in [9.17, 15) is 9.59 Å². The Kier molecular flexibility index (Phi) is 1.62. The summed E-state index contributed by atoms with van der Waals surface area (Å²) in [6.07, 6.45) is 0. The second-order valence-corrected chi connectivity index (χ2v) is 2.97. The Balaban J connectivity index is 2.60. The maximum absolute atomic E-state index is 11.0. The topological polar surface area (TPSA) is 49.2 Å². The van der Waals surface area contributed by atoms with Crippen molar-refractivity contribution in [1.29, 1.82) is 0 Å². The molecule has 1 aliphatic rings. The van der Waals surface area contributed by atoms with Gasteiger partial charge in [0, 0.05) is 7.05 Å². The van der Waals surface area contributed by atoms with Crippen LogP contribution in [0.5, 0.6) is 0 Å². The Hall–Kier alpha value is -1.06. The Bertz CT molecular complexity index is 214. The molecule has 0 spiro atoms. The maximum Gasteiger partial charge on any atom is 0.318 e. The standard InChI is InChI=1S/C7H12N2O2/c1-5(10)7(2)4-9(7)6(11)8-3/h4H2,1-3H3,(H,8,11). The van der Waals surface area contributed by atoms with Gasteiger partial charge in [-0.2, -0.15) is 0 Å². The molecule has 1 atom stereocenters. The third-order valence-corrected chi connectivity index (χ3v) is 2.18. The van der Waals surface area contributed by atoms with Gasteiger partial charge in [-0.3, -0.25) is 4.79 Å². The summed E-state index contributed by atoms with van der Waals surface area (Å²) in [7, 11) is 1.56. The van der Waals surface area contributed by atoms with Crippen LogP contribution >= 0.6 is 0 Å². The van der Waals surface area contributed by atoms with Gasteiger partial charge in [0.1, 0.15) is 5.54 Å². The van der Waals surface area contributed by atoms with Crippen LogP contribution in [-0.2, 0) is 4.79 Å². The summed E-state index contributed by atoms with van der Waals surface area (Å²) in [6.45, 7) is 3.82. The number of nitrogens with zero attached hydrogens (tertiary/aromatic N) is 1. The van der Waals surface area contributed by atoms with E-state index in [1.165, 1.54) is 11.8 Å². The van der Waals surface area contributed by atoms with Gasteiger partial charge in [0.15, 0.2) is 5.78 Å². The molecule has 0 radical (unpaired) electrons. The molecule has 4 heteroatoms. The molecule has 1 saturated heterocycles. The summed E-state index contributed by atoms with van der Waals surface area (Å²) in [5.74, 6) is 0.0427. The van der Waals surface area contributed by atoms with E-state index in [1.807, 2.05) is 0 Å². The summed E-state index contributed by atoms with van der Waals surface area (Å²) in [5.41, 5.74) is -0.528. The van der Waals surface area contributed by atoms with Gasteiger partial charge in [-0.05, 0) is 13.8 Å². The maximum atomic E-state index is 11.0. The highest BCUT2D eigenvalue weighted by Gasteiger charge is 2.54. The molecule has 0 aromatic carbocycles. The molecule has 0 saturated carbocycles. The Labute approximate surface area is 65.6 Å². The molecule has 11 heavy (non-hydrogen) atoms. The fraction of sp³-hybridized carbons (Fsp3) is 0.714. The molecule has 1 heterocycles. The van der Waals surface area contributed by atoms with Gasteiger partial charge >= 0.3 is 6.03 Å². The normalized spacial score (nSPS) is 28.1. The Morgan fingerprint density at radius 3 is 2.36 bits per heavy atom. The molecule has 0 bridgehead atoms. The number of amides is 2. The minimum absolute atomic E-state index is 0.0427. The summed E-state index contributed by atoms with van der Waals surface area (Å²) in [4.78, 5) is 23.4. The smallest absolute Gasteiger partial charge is 0.318 e. The highest BCUT2D eigenvalue weighted by Crippen LogP contribution is 2.32. The molecule has 4 nitrogen and oxygen atoms in total. The molecule has 1 rings (SSSR count). The van der Waals surface area contributed by atoms with Crippen LogP contribution in [0.4, 0.5) is 4.79 Å². The zero-order chi connectivity index (χ0) is 8.65. The first-order chi connectivity index (χ1) is 5.02. The molecule has 0 aromatic heterocycles. The van der Waals surface area contributed by atoms with Crippen LogP contribution in [-0.4, -0.2) is 35.8 Å². The van der Waals surface area contributed by atoms with Crippen molar-refractivity contribution in [2.24, 2.45) is 0 Å². The van der Waals surface area contributed by atoms with E-state index in [0.29, 0.717) is 6.54 Å². The number of rotatable bonds is 1. The fourth-order valence-corrected chi connectivity index (χ4v) is 1.00. The number of carbonyl (C=O) groups excluding carboxylic acids is 2. The number of Topliss-reactive ketones (excluding diaryl/α,β-unsaturated/α-hetero) is 1. The molecule has 2 amide bonds. The lowest BCUT2D eigenvalue weighted by Crippen LogP contribution is -2.32. The molecule has 1 fully saturated rings. The van der Waals surface area contributed by atoms with Crippen molar-refractivity contribution < 1.29 is 9.59 Å². The van der Waals surface area contributed by atoms with Gasteiger partial charge in [-0.15, -0.1) is 0 Å². The summed E-state index contributed by atoms with van der Waals surface area (Å²) in [5, 5.41) is 2.47. The van der Waals surface area contributed by atoms with Crippen molar-refractivity contribution in [2.75, 3.05) is 13.6 Å². The third-order valence-electron chi connectivity index (χ3n) is 2.18. The van der Waals surface area contributed by atoms with Crippen molar-refractivity contribution in [3.63, 3.8) is 0 Å². The van der Waals surface area contributed by atoms with Gasteiger partial charge in [0.25, 0.3) is 0 Å². The van der Waals surface area contributed by atoms with Crippen LogP contribution in [0.15, 0.2) is 0 Å². The lowest BCUT2D eigenvalue weighted by atomic mass is 10.1. The van der Waals surface area contributed by atoms with E-state index >= 15 is 0 Å². The minimum atomic E-state index is -0.528. The van der Waals surface area contributed by atoms with Crippen LogP contribution in [0, 0.1) is 0 Å². The Morgan fingerprint density at radius 2 is 2.09 bits per heavy atom. The third kappa shape index (κ3) is 1.08. The quantitative estimate of drug-likeness (QED) is 0.543. The summed E-state index contributed by atoms with van der Waals surface area (Å²) in [6, 6.07) is -0.178. The number of hydrogen-bond donors (Lipinski definition) is 1.